The van der Waals surface area contributed by atoms with Gasteiger partial charge in [0.05, 0.1) is 0 Å². The molecule has 0 saturated carbocycles. The van der Waals surface area contributed by atoms with Crippen LogP contribution in [0.15, 0.2) is 30.3 Å². The summed E-state index contributed by atoms with van der Waals surface area (Å²) in [7, 11) is 0. The summed E-state index contributed by atoms with van der Waals surface area (Å²) < 4.78 is 13.2. The smallest absolute Gasteiger partial charge is 0.123 e. The van der Waals surface area contributed by atoms with E-state index in [1.54, 1.807) is 12.1 Å². The Morgan fingerprint density at radius 1 is 1.05 bits per heavy atom. The lowest BCUT2D eigenvalue weighted by Gasteiger charge is -2.31. The van der Waals surface area contributed by atoms with Crippen molar-refractivity contribution in [2.75, 3.05) is 17.2 Å². The molecule has 1 aliphatic rings. The van der Waals surface area contributed by atoms with Gasteiger partial charge >= 0.3 is 0 Å². The molecule has 2 aromatic rings. The molecule has 0 radical (unpaired) electrons. The molecule has 0 fully saturated rings. The van der Waals surface area contributed by atoms with Gasteiger partial charge in [-0.2, -0.15) is 0 Å². The molecule has 0 spiro atoms. The van der Waals surface area contributed by atoms with Gasteiger partial charge in [-0.25, -0.2) is 4.39 Å². The zero-order valence-electron chi connectivity index (χ0n) is 11.9. The minimum absolute atomic E-state index is 0.142. The van der Waals surface area contributed by atoms with Crippen LogP contribution in [0.4, 0.5) is 15.8 Å². The molecule has 2 aromatic carbocycles. The summed E-state index contributed by atoms with van der Waals surface area (Å²) in [5.74, 6) is -0.142. The standard InChI is InChI=1S/C17H19FN2/c1-11-7-16(8-12(2)17(11)19)20-6-5-13-9-15(18)4-3-14(13)10-20/h3-4,7-9H,5-6,10,19H2,1-2H3. The van der Waals surface area contributed by atoms with Gasteiger partial charge in [-0.05, 0) is 66.8 Å². The highest BCUT2D eigenvalue weighted by atomic mass is 19.1. The third-order valence-corrected chi connectivity index (χ3v) is 4.12. The minimum atomic E-state index is -0.142. The number of halogens is 1. The summed E-state index contributed by atoms with van der Waals surface area (Å²) in [5.41, 5.74) is 12.7. The van der Waals surface area contributed by atoms with Gasteiger partial charge in [-0.3, -0.25) is 0 Å². The molecule has 0 atom stereocenters. The molecule has 1 heterocycles. The molecule has 0 unspecified atom stereocenters. The van der Waals surface area contributed by atoms with Crippen molar-refractivity contribution in [1.82, 2.24) is 0 Å². The maximum atomic E-state index is 13.2. The van der Waals surface area contributed by atoms with E-state index in [4.69, 9.17) is 5.73 Å². The van der Waals surface area contributed by atoms with E-state index in [0.717, 1.165) is 41.9 Å². The highest BCUT2D eigenvalue weighted by Crippen LogP contribution is 2.29. The van der Waals surface area contributed by atoms with Crippen molar-refractivity contribution < 1.29 is 4.39 Å². The zero-order valence-corrected chi connectivity index (χ0v) is 11.9. The Morgan fingerprint density at radius 2 is 1.75 bits per heavy atom. The highest BCUT2D eigenvalue weighted by molar-refractivity contribution is 5.63. The van der Waals surface area contributed by atoms with Crippen molar-refractivity contribution in [3.63, 3.8) is 0 Å². The van der Waals surface area contributed by atoms with Gasteiger partial charge in [-0.1, -0.05) is 6.07 Å². The number of nitrogen functional groups attached to an aromatic ring is 1. The van der Waals surface area contributed by atoms with E-state index >= 15 is 0 Å². The predicted molar refractivity (Wildman–Crippen MR) is 81.5 cm³/mol. The second-order valence-corrected chi connectivity index (χ2v) is 5.58. The quantitative estimate of drug-likeness (QED) is 0.802. The Labute approximate surface area is 119 Å². The van der Waals surface area contributed by atoms with E-state index < -0.39 is 0 Å². The van der Waals surface area contributed by atoms with Crippen LogP contribution in [0, 0.1) is 19.7 Å². The van der Waals surface area contributed by atoms with Gasteiger partial charge in [0.2, 0.25) is 0 Å². The second kappa shape index (κ2) is 4.82. The summed E-state index contributed by atoms with van der Waals surface area (Å²) in [6, 6.07) is 9.37. The van der Waals surface area contributed by atoms with E-state index in [9.17, 15) is 4.39 Å². The number of aryl methyl sites for hydroxylation is 2. The van der Waals surface area contributed by atoms with Gasteiger partial charge in [0.25, 0.3) is 0 Å². The molecule has 0 aromatic heterocycles. The van der Waals surface area contributed by atoms with Crippen LogP contribution in [0.1, 0.15) is 22.3 Å². The molecule has 3 rings (SSSR count). The van der Waals surface area contributed by atoms with E-state index in [-0.39, 0.29) is 5.82 Å². The molecule has 104 valence electrons. The summed E-state index contributed by atoms with van der Waals surface area (Å²) in [6.45, 7) is 5.83. The van der Waals surface area contributed by atoms with Gasteiger partial charge in [-0.15, -0.1) is 0 Å². The molecule has 0 saturated heterocycles. The molecule has 20 heavy (non-hydrogen) atoms. The normalized spacial score (nSPS) is 14.2. The van der Waals surface area contributed by atoms with Gasteiger partial charge < -0.3 is 10.6 Å². The van der Waals surface area contributed by atoms with Crippen molar-refractivity contribution in [2.45, 2.75) is 26.8 Å². The number of nitrogens with zero attached hydrogens (tertiary/aromatic N) is 1. The Balaban J connectivity index is 1.92. The maximum Gasteiger partial charge on any atom is 0.123 e. The van der Waals surface area contributed by atoms with Gasteiger partial charge in [0, 0.05) is 24.5 Å². The third-order valence-electron chi connectivity index (χ3n) is 4.12. The van der Waals surface area contributed by atoms with Crippen LogP contribution in [-0.2, 0) is 13.0 Å². The predicted octanol–water partition coefficient (Wildman–Crippen LogP) is 3.59. The minimum Gasteiger partial charge on any atom is -0.398 e. The van der Waals surface area contributed by atoms with Crippen molar-refractivity contribution in [3.8, 4) is 0 Å². The van der Waals surface area contributed by atoms with Crippen LogP contribution in [0.2, 0.25) is 0 Å². The fourth-order valence-electron chi connectivity index (χ4n) is 2.88. The Kier molecular flexibility index (Phi) is 3.13. The van der Waals surface area contributed by atoms with Crippen LogP contribution in [0.25, 0.3) is 0 Å². The van der Waals surface area contributed by atoms with Crippen LogP contribution in [0.5, 0.6) is 0 Å². The van der Waals surface area contributed by atoms with E-state index in [1.165, 1.54) is 11.3 Å². The fraction of sp³-hybridized carbons (Fsp3) is 0.294. The number of anilines is 2. The summed E-state index contributed by atoms with van der Waals surface area (Å²) in [5, 5.41) is 0. The van der Waals surface area contributed by atoms with Crippen molar-refractivity contribution in [1.29, 1.82) is 0 Å². The molecular formula is C17H19FN2. The van der Waals surface area contributed by atoms with Crippen LogP contribution in [0.3, 0.4) is 0 Å². The monoisotopic (exact) mass is 270 g/mol. The van der Waals surface area contributed by atoms with Crippen LogP contribution < -0.4 is 10.6 Å². The van der Waals surface area contributed by atoms with Crippen LogP contribution >= 0.6 is 0 Å². The Bertz CT molecular complexity index is 641. The maximum absolute atomic E-state index is 13.2. The summed E-state index contributed by atoms with van der Waals surface area (Å²) >= 11 is 0. The van der Waals surface area contributed by atoms with Crippen molar-refractivity contribution >= 4 is 11.4 Å². The molecule has 0 amide bonds. The van der Waals surface area contributed by atoms with Gasteiger partial charge in [0.15, 0.2) is 0 Å². The van der Waals surface area contributed by atoms with E-state index in [1.807, 2.05) is 19.9 Å². The molecule has 2 N–H and O–H groups in total. The largest absolute Gasteiger partial charge is 0.398 e. The number of hydrogen-bond donors (Lipinski definition) is 1. The SMILES string of the molecule is Cc1cc(N2CCc3cc(F)ccc3C2)cc(C)c1N. The molecular weight excluding hydrogens is 251 g/mol. The first-order valence-electron chi connectivity index (χ1n) is 6.93. The molecule has 2 nitrogen and oxygen atoms in total. The summed E-state index contributed by atoms with van der Waals surface area (Å²) in [6.07, 6.45) is 0.884. The highest BCUT2D eigenvalue weighted by Gasteiger charge is 2.18. The molecule has 0 bridgehead atoms. The number of fused-ring (bicyclic) bond motifs is 1. The number of nitrogens with two attached hydrogens (primary N) is 1. The number of benzene rings is 2. The lowest BCUT2D eigenvalue weighted by Crippen LogP contribution is -2.30. The first-order valence-corrected chi connectivity index (χ1v) is 6.93. The average molecular weight is 270 g/mol. The zero-order chi connectivity index (χ0) is 14.3. The first kappa shape index (κ1) is 13.0. The third kappa shape index (κ3) is 2.24. The lowest BCUT2D eigenvalue weighted by atomic mass is 9.98. The fourth-order valence-corrected chi connectivity index (χ4v) is 2.88. The summed E-state index contributed by atoms with van der Waals surface area (Å²) in [4.78, 5) is 2.33. The Hall–Kier alpha value is -2.03. The molecule has 1 aliphatic heterocycles. The Morgan fingerprint density at radius 3 is 2.45 bits per heavy atom. The van der Waals surface area contributed by atoms with Crippen molar-refractivity contribution in [2.24, 2.45) is 0 Å². The molecule has 3 heteroatoms. The van der Waals surface area contributed by atoms with E-state index in [2.05, 4.69) is 17.0 Å². The van der Waals surface area contributed by atoms with Crippen LogP contribution in [-0.4, -0.2) is 6.54 Å². The topological polar surface area (TPSA) is 29.3 Å². The van der Waals surface area contributed by atoms with Gasteiger partial charge in [0.1, 0.15) is 5.82 Å². The number of rotatable bonds is 1. The van der Waals surface area contributed by atoms with Crippen molar-refractivity contribution in [3.05, 3.63) is 58.4 Å². The first-order chi connectivity index (χ1) is 9.54. The average Bonchev–Trinajstić information content (AvgIpc) is 2.43. The second-order valence-electron chi connectivity index (χ2n) is 5.58. The molecule has 0 aliphatic carbocycles. The lowest BCUT2D eigenvalue weighted by molar-refractivity contribution is 0.619. The number of hydrogen-bond acceptors (Lipinski definition) is 2. The van der Waals surface area contributed by atoms with E-state index in [0.29, 0.717) is 0 Å².